The maximum absolute atomic E-state index is 12.3. The van der Waals surface area contributed by atoms with E-state index in [2.05, 4.69) is 10.1 Å². The first-order valence-corrected chi connectivity index (χ1v) is 6.32. The zero-order valence-electron chi connectivity index (χ0n) is 9.97. The number of alkyl halides is 2. The number of anilines is 1. The maximum Gasteiger partial charge on any atom is 0.387 e. The number of carbonyl (C=O) groups excluding carboxylic acids is 1. The first kappa shape index (κ1) is 14.0. The van der Waals surface area contributed by atoms with Gasteiger partial charge in [0.2, 0.25) is 0 Å². The van der Waals surface area contributed by atoms with Crippen molar-refractivity contribution in [3.63, 3.8) is 0 Å². The monoisotopic (exact) mass is 294 g/mol. The van der Waals surface area contributed by atoms with Gasteiger partial charge >= 0.3 is 6.61 Å². The van der Waals surface area contributed by atoms with Crippen LogP contribution in [0.3, 0.4) is 0 Å². The molecule has 2 aromatic rings. The van der Waals surface area contributed by atoms with E-state index in [0.29, 0.717) is 10.6 Å². The van der Waals surface area contributed by atoms with Gasteiger partial charge in [-0.05, 0) is 23.6 Å². The molecule has 0 saturated carbocycles. The van der Waals surface area contributed by atoms with E-state index in [0.717, 1.165) is 0 Å². The summed E-state index contributed by atoms with van der Waals surface area (Å²) in [6.45, 7) is -3.01. The summed E-state index contributed by atoms with van der Waals surface area (Å²) in [6.07, 6.45) is 0. The number of halogens is 2. The lowest BCUT2D eigenvalue weighted by Crippen LogP contribution is -2.14. The van der Waals surface area contributed by atoms with E-state index in [1.807, 2.05) is 6.07 Å². The van der Waals surface area contributed by atoms with Gasteiger partial charge in [-0.3, -0.25) is 4.79 Å². The predicted molar refractivity (Wildman–Crippen MR) is 70.1 cm³/mol. The summed E-state index contributed by atoms with van der Waals surface area (Å²) in [7, 11) is 0. The lowest BCUT2D eigenvalue weighted by atomic mass is 10.2. The van der Waals surface area contributed by atoms with E-state index in [1.165, 1.54) is 35.6 Å². The summed E-state index contributed by atoms with van der Waals surface area (Å²) in [5, 5.41) is 13.4. The maximum atomic E-state index is 12.3. The lowest BCUT2D eigenvalue weighted by Gasteiger charge is -2.10. The highest BCUT2D eigenvalue weighted by atomic mass is 32.1. The number of hydrogen-bond acceptors (Lipinski definition) is 4. The van der Waals surface area contributed by atoms with Crippen molar-refractivity contribution in [3.05, 3.63) is 46.8 Å². The molecule has 1 amide bonds. The molecule has 2 rings (SSSR count). The normalized spacial score (nSPS) is 10.1. The molecule has 0 bridgehead atoms. The molecule has 20 heavy (non-hydrogen) atoms. The Morgan fingerprint density at radius 2 is 2.10 bits per heavy atom. The van der Waals surface area contributed by atoms with Gasteiger partial charge in [-0.2, -0.15) is 14.0 Å². The molecular weight excluding hydrogens is 286 g/mol. The van der Waals surface area contributed by atoms with Crippen LogP contribution in [-0.4, -0.2) is 12.5 Å². The van der Waals surface area contributed by atoms with Gasteiger partial charge in [0.05, 0.1) is 11.1 Å². The number of para-hydroxylation sites is 1. The van der Waals surface area contributed by atoms with E-state index in [4.69, 9.17) is 5.26 Å². The molecule has 0 unspecified atom stereocenters. The Bertz CT molecular complexity index is 664. The molecule has 0 radical (unpaired) electrons. The minimum atomic E-state index is -3.01. The number of nitriles is 1. The highest BCUT2D eigenvalue weighted by Gasteiger charge is 2.16. The number of nitrogens with one attached hydrogen (secondary N) is 1. The van der Waals surface area contributed by atoms with Crippen molar-refractivity contribution in [3.8, 4) is 11.8 Å². The summed E-state index contributed by atoms with van der Waals surface area (Å²) in [6, 6.07) is 9.15. The highest BCUT2D eigenvalue weighted by Crippen LogP contribution is 2.25. The first-order chi connectivity index (χ1) is 9.61. The van der Waals surface area contributed by atoms with Gasteiger partial charge in [0.25, 0.3) is 5.91 Å². The molecule has 4 nitrogen and oxygen atoms in total. The lowest BCUT2D eigenvalue weighted by molar-refractivity contribution is -0.0501. The van der Waals surface area contributed by atoms with Crippen molar-refractivity contribution >= 4 is 22.2 Å². The van der Waals surface area contributed by atoms with E-state index in [-0.39, 0.29) is 11.3 Å². The van der Waals surface area contributed by atoms with E-state index >= 15 is 0 Å². The van der Waals surface area contributed by atoms with Crippen LogP contribution in [-0.2, 0) is 0 Å². The average Bonchev–Trinajstić information content (AvgIpc) is 2.85. The number of benzene rings is 1. The Kier molecular flexibility index (Phi) is 4.27. The molecule has 0 aliphatic rings. The third kappa shape index (κ3) is 3.10. The van der Waals surface area contributed by atoms with Gasteiger partial charge in [-0.15, -0.1) is 11.3 Å². The average molecular weight is 294 g/mol. The van der Waals surface area contributed by atoms with Crippen molar-refractivity contribution < 1.29 is 18.3 Å². The SMILES string of the molecule is N#Cc1ccsc1NC(=O)c1ccccc1OC(F)F. The number of thiophene rings is 1. The van der Waals surface area contributed by atoms with Gasteiger partial charge in [0.15, 0.2) is 0 Å². The second-order valence-electron chi connectivity index (χ2n) is 3.60. The fourth-order valence-electron chi connectivity index (χ4n) is 1.52. The van der Waals surface area contributed by atoms with Crippen molar-refractivity contribution in [1.29, 1.82) is 5.26 Å². The Morgan fingerprint density at radius 3 is 2.80 bits per heavy atom. The summed E-state index contributed by atoms with van der Waals surface area (Å²) in [5.41, 5.74) is 0.292. The molecule has 0 aliphatic carbocycles. The van der Waals surface area contributed by atoms with Crippen LogP contribution in [0.15, 0.2) is 35.7 Å². The van der Waals surface area contributed by atoms with E-state index in [1.54, 1.807) is 11.4 Å². The molecule has 102 valence electrons. The quantitative estimate of drug-likeness (QED) is 0.939. The van der Waals surface area contributed by atoms with Crippen LogP contribution < -0.4 is 10.1 Å². The number of rotatable bonds is 4. The zero-order chi connectivity index (χ0) is 14.5. The van der Waals surface area contributed by atoms with Crippen molar-refractivity contribution in [2.75, 3.05) is 5.32 Å². The molecule has 0 spiro atoms. The van der Waals surface area contributed by atoms with E-state index < -0.39 is 12.5 Å². The fraction of sp³-hybridized carbons (Fsp3) is 0.0769. The molecule has 7 heteroatoms. The highest BCUT2D eigenvalue weighted by molar-refractivity contribution is 7.14. The topological polar surface area (TPSA) is 62.1 Å². The third-order valence-corrected chi connectivity index (χ3v) is 3.19. The summed E-state index contributed by atoms with van der Waals surface area (Å²) in [4.78, 5) is 12.0. The molecule has 1 heterocycles. The van der Waals surface area contributed by atoms with Crippen molar-refractivity contribution in [2.24, 2.45) is 0 Å². The molecule has 0 atom stereocenters. The second-order valence-corrected chi connectivity index (χ2v) is 4.52. The van der Waals surface area contributed by atoms with Crippen LogP contribution in [0, 0.1) is 11.3 Å². The summed E-state index contributed by atoms with van der Waals surface area (Å²) >= 11 is 1.17. The number of carbonyl (C=O) groups is 1. The van der Waals surface area contributed by atoms with Gasteiger partial charge in [0.1, 0.15) is 16.8 Å². The molecule has 0 aliphatic heterocycles. The number of nitrogens with zero attached hydrogens (tertiary/aromatic N) is 1. The zero-order valence-corrected chi connectivity index (χ0v) is 10.8. The minimum absolute atomic E-state index is 0.0231. The van der Waals surface area contributed by atoms with Gasteiger partial charge in [0, 0.05) is 0 Å². The standard InChI is InChI=1S/C13H8F2N2O2S/c14-13(15)19-10-4-2-1-3-9(10)11(18)17-12-8(7-16)5-6-20-12/h1-6,13H,(H,17,18). The van der Waals surface area contributed by atoms with Gasteiger partial charge < -0.3 is 10.1 Å². The molecule has 0 fully saturated rings. The van der Waals surface area contributed by atoms with Crippen LogP contribution in [0.2, 0.25) is 0 Å². The summed E-state index contributed by atoms with van der Waals surface area (Å²) in [5.74, 6) is -0.824. The van der Waals surface area contributed by atoms with Crippen LogP contribution in [0.4, 0.5) is 13.8 Å². The first-order valence-electron chi connectivity index (χ1n) is 5.44. The Morgan fingerprint density at radius 1 is 1.35 bits per heavy atom. The fourth-order valence-corrected chi connectivity index (χ4v) is 2.25. The molecule has 0 saturated heterocycles. The molecule has 1 N–H and O–H groups in total. The number of amides is 1. The third-order valence-electron chi connectivity index (χ3n) is 2.36. The van der Waals surface area contributed by atoms with E-state index in [9.17, 15) is 13.6 Å². The minimum Gasteiger partial charge on any atom is -0.434 e. The van der Waals surface area contributed by atoms with Crippen LogP contribution in [0.5, 0.6) is 5.75 Å². The predicted octanol–water partition coefficient (Wildman–Crippen LogP) is 3.47. The largest absolute Gasteiger partial charge is 0.434 e. The van der Waals surface area contributed by atoms with Crippen molar-refractivity contribution in [2.45, 2.75) is 6.61 Å². The second kappa shape index (κ2) is 6.12. The van der Waals surface area contributed by atoms with Crippen LogP contribution in [0.25, 0.3) is 0 Å². The molecular formula is C13H8F2N2O2S. The number of hydrogen-bond donors (Lipinski definition) is 1. The summed E-state index contributed by atoms with van der Waals surface area (Å²) < 4.78 is 28.8. The number of ether oxygens (including phenoxy) is 1. The Hall–Kier alpha value is -2.46. The van der Waals surface area contributed by atoms with Crippen molar-refractivity contribution in [1.82, 2.24) is 0 Å². The van der Waals surface area contributed by atoms with Gasteiger partial charge in [-0.1, -0.05) is 12.1 Å². The van der Waals surface area contributed by atoms with Crippen LogP contribution in [0.1, 0.15) is 15.9 Å². The molecule has 1 aromatic heterocycles. The Balaban J connectivity index is 2.24. The molecule has 1 aromatic carbocycles. The Labute approximate surface area is 117 Å². The smallest absolute Gasteiger partial charge is 0.387 e. The van der Waals surface area contributed by atoms with Gasteiger partial charge in [-0.25, -0.2) is 0 Å². The van der Waals surface area contributed by atoms with Crippen LogP contribution >= 0.6 is 11.3 Å².